The Hall–Kier alpha value is -2.57. The molecule has 138 valence electrons. The molecular formula is C19H23N3O4. The van der Waals surface area contributed by atoms with Gasteiger partial charge in [0, 0.05) is 18.6 Å². The van der Waals surface area contributed by atoms with E-state index in [4.69, 9.17) is 9.15 Å². The van der Waals surface area contributed by atoms with Gasteiger partial charge in [0.1, 0.15) is 29.8 Å². The normalized spacial score (nSPS) is 15.8. The number of carbonyl (C=O) groups is 1. The van der Waals surface area contributed by atoms with E-state index < -0.39 is 5.97 Å². The minimum atomic E-state index is -0.399. The smallest absolute Gasteiger partial charge is 0.328 e. The lowest BCUT2D eigenvalue weighted by Gasteiger charge is -2.21. The molecular weight excluding hydrogens is 334 g/mol. The molecule has 0 aromatic carbocycles. The molecule has 0 amide bonds. The van der Waals surface area contributed by atoms with Crippen LogP contribution in [-0.4, -0.2) is 26.3 Å². The molecule has 0 saturated heterocycles. The second-order valence-electron chi connectivity index (χ2n) is 6.95. The van der Waals surface area contributed by atoms with Crippen LogP contribution in [0.5, 0.6) is 0 Å². The van der Waals surface area contributed by atoms with Gasteiger partial charge in [-0.2, -0.15) is 5.10 Å². The van der Waals surface area contributed by atoms with Gasteiger partial charge >= 0.3 is 5.97 Å². The van der Waals surface area contributed by atoms with Crippen molar-refractivity contribution in [1.82, 2.24) is 14.2 Å². The lowest BCUT2D eigenvalue weighted by atomic mass is 9.98. The van der Waals surface area contributed by atoms with Crippen LogP contribution in [0.4, 0.5) is 0 Å². The van der Waals surface area contributed by atoms with Gasteiger partial charge in [0.05, 0.1) is 5.52 Å². The number of esters is 1. The number of hydrogen-bond acceptors (Lipinski definition) is 5. The van der Waals surface area contributed by atoms with Crippen LogP contribution in [0.25, 0.3) is 16.6 Å². The summed E-state index contributed by atoms with van der Waals surface area (Å²) in [6.07, 6.45) is 5.78. The number of hydrogen-bond donors (Lipinski definition) is 0. The summed E-state index contributed by atoms with van der Waals surface area (Å²) in [6.45, 7) is 3.67. The second-order valence-corrected chi connectivity index (χ2v) is 6.95. The van der Waals surface area contributed by atoms with Gasteiger partial charge in [0.15, 0.2) is 5.58 Å². The molecule has 1 aliphatic rings. The average molecular weight is 357 g/mol. The summed E-state index contributed by atoms with van der Waals surface area (Å²) < 4.78 is 14.2. The molecule has 0 atom stereocenters. The molecule has 7 heteroatoms. The fraction of sp³-hybridized carbons (Fsp3) is 0.526. The van der Waals surface area contributed by atoms with Crippen molar-refractivity contribution < 1.29 is 13.9 Å². The van der Waals surface area contributed by atoms with Gasteiger partial charge < -0.3 is 9.15 Å². The maximum Gasteiger partial charge on any atom is 0.328 e. The van der Waals surface area contributed by atoms with Crippen LogP contribution in [0.2, 0.25) is 0 Å². The summed E-state index contributed by atoms with van der Waals surface area (Å²) >= 11 is 0. The van der Waals surface area contributed by atoms with Gasteiger partial charge in [0.25, 0.3) is 5.56 Å². The van der Waals surface area contributed by atoms with Crippen LogP contribution in [0.15, 0.2) is 21.3 Å². The van der Waals surface area contributed by atoms with E-state index in [2.05, 4.69) is 5.10 Å². The van der Waals surface area contributed by atoms with Crippen LogP contribution >= 0.6 is 0 Å². The lowest BCUT2D eigenvalue weighted by Crippen LogP contribution is -2.32. The summed E-state index contributed by atoms with van der Waals surface area (Å²) in [5, 5.41) is 4.41. The van der Waals surface area contributed by atoms with E-state index in [-0.39, 0.29) is 18.2 Å². The highest BCUT2D eigenvalue weighted by molar-refractivity contribution is 5.83. The molecule has 0 aliphatic heterocycles. The van der Waals surface area contributed by atoms with E-state index in [9.17, 15) is 9.59 Å². The predicted octanol–water partition coefficient (Wildman–Crippen LogP) is 2.99. The first-order valence-electron chi connectivity index (χ1n) is 9.28. The van der Waals surface area contributed by atoms with Crippen molar-refractivity contribution in [1.29, 1.82) is 0 Å². The molecule has 1 fully saturated rings. The van der Waals surface area contributed by atoms with Gasteiger partial charge in [-0.05, 0) is 32.6 Å². The SMILES string of the molecule is CCc1nn(CC(=O)OC2CCCCC2)c(=O)c2cc3oc(C)cc3n12. The topological polar surface area (TPSA) is 78.7 Å². The van der Waals surface area contributed by atoms with Crippen LogP contribution < -0.4 is 5.56 Å². The molecule has 0 radical (unpaired) electrons. The Morgan fingerprint density at radius 2 is 2.04 bits per heavy atom. The predicted molar refractivity (Wildman–Crippen MR) is 96.3 cm³/mol. The number of nitrogens with zero attached hydrogens (tertiary/aromatic N) is 3. The van der Waals surface area contributed by atoms with E-state index in [0.29, 0.717) is 23.3 Å². The molecule has 0 spiro atoms. The molecule has 4 rings (SSSR count). The number of carbonyl (C=O) groups excluding carboxylic acids is 1. The Bertz CT molecular complexity index is 1020. The zero-order valence-corrected chi connectivity index (χ0v) is 15.2. The highest BCUT2D eigenvalue weighted by Gasteiger charge is 2.21. The maximum atomic E-state index is 12.8. The molecule has 1 saturated carbocycles. The number of aryl methyl sites for hydroxylation is 2. The summed E-state index contributed by atoms with van der Waals surface area (Å²) in [7, 11) is 0. The van der Waals surface area contributed by atoms with Gasteiger partial charge in [-0.15, -0.1) is 0 Å². The monoisotopic (exact) mass is 357 g/mol. The highest BCUT2D eigenvalue weighted by atomic mass is 16.5. The van der Waals surface area contributed by atoms with E-state index >= 15 is 0 Å². The van der Waals surface area contributed by atoms with E-state index in [1.165, 1.54) is 11.1 Å². The number of aromatic nitrogens is 3. The van der Waals surface area contributed by atoms with Crippen molar-refractivity contribution in [3.63, 3.8) is 0 Å². The highest BCUT2D eigenvalue weighted by Crippen LogP contribution is 2.23. The average Bonchev–Trinajstić information content (AvgIpc) is 3.14. The molecule has 0 bridgehead atoms. The first kappa shape index (κ1) is 16.9. The Balaban J connectivity index is 1.68. The standard InChI is InChI=1S/C19H23N3O4/c1-3-17-20-21(11-18(23)26-13-7-5-4-6-8-13)19(24)15-10-16-14(22(15)17)9-12(2)25-16/h9-10,13H,3-8,11H2,1-2H3. The Labute approximate surface area is 150 Å². The second kappa shape index (κ2) is 6.63. The maximum absolute atomic E-state index is 12.8. The van der Waals surface area contributed by atoms with Crippen molar-refractivity contribution in [2.24, 2.45) is 0 Å². The minimum absolute atomic E-state index is 0.0278. The first-order valence-corrected chi connectivity index (χ1v) is 9.28. The van der Waals surface area contributed by atoms with Crippen molar-refractivity contribution in [3.8, 4) is 0 Å². The van der Waals surface area contributed by atoms with Crippen LogP contribution in [0.1, 0.15) is 50.6 Å². The minimum Gasteiger partial charge on any atom is -0.461 e. The number of rotatable bonds is 4. The molecule has 0 unspecified atom stereocenters. The Morgan fingerprint density at radius 3 is 2.77 bits per heavy atom. The molecule has 0 N–H and O–H groups in total. The number of ether oxygens (including phenoxy) is 1. The van der Waals surface area contributed by atoms with Gasteiger partial charge in [0.2, 0.25) is 0 Å². The molecule has 1 aliphatic carbocycles. The van der Waals surface area contributed by atoms with Crippen LogP contribution in [-0.2, 0) is 22.5 Å². The zero-order valence-electron chi connectivity index (χ0n) is 15.2. The number of fused-ring (bicyclic) bond motifs is 3. The summed E-state index contributed by atoms with van der Waals surface area (Å²) in [6, 6.07) is 3.61. The van der Waals surface area contributed by atoms with Crippen molar-refractivity contribution in [3.05, 3.63) is 34.1 Å². The van der Waals surface area contributed by atoms with Gasteiger partial charge in [-0.3, -0.25) is 14.0 Å². The zero-order chi connectivity index (χ0) is 18.3. The van der Waals surface area contributed by atoms with Crippen LogP contribution in [0, 0.1) is 6.92 Å². The molecule has 3 aromatic heterocycles. The Kier molecular flexibility index (Phi) is 4.30. The molecule has 7 nitrogen and oxygen atoms in total. The molecule has 26 heavy (non-hydrogen) atoms. The fourth-order valence-corrected chi connectivity index (χ4v) is 3.78. The van der Waals surface area contributed by atoms with Gasteiger partial charge in [-0.25, -0.2) is 4.68 Å². The van der Waals surface area contributed by atoms with Crippen molar-refractivity contribution in [2.45, 2.75) is 65.0 Å². The molecule has 3 aromatic rings. The molecule has 3 heterocycles. The van der Waals surface area contributed by atoms with Crippen LogP contribution in [0.3, 0.4) is 0 Å². The third-order valence-corrected chi connectivity index (χ3v) is 5.01. The summed E-state index contributed by atoms with van der Waals surface area (Å²) in [4.78, 5) is 25.1. The largest absolute Gasteiger partial charge is 0.461 e. The quantitative estimate of drug-likeness (QED) is 0.671. The van der Waals surface area contributed by atoms with Crippen molar-refractivity contribution in [2.75, 3.05) is 0 Å². The van der Waals surface area contributed by atoms with E-state index in [0.717, 1.165) is 37.0 Å². The lowest BCUT2D eigenvalue weighted by molar-refractivity contribution is -0.151. The van der Waals surface area contributed by atoms with E-state index in [1.54, 1.807) is 6.07 Å². The third-order valence-electron chi connectivity index (χ3n) is 5.01. The summed E-state index contributed by atoms with van der Waals surface area (Å²) in [5.41, 5.74) is 1.64. The third kappa shape index (κ3) is 2.91. The first-order chi connectivity index (χ1) is 12.6. The van der Waals surface area contributed by atoms with E-state index in [1.807, 2.05) is 24.3 Å². The Morgan fingerprint density at radius 1 is 1.27 bits per heavy atom. The van der Waals surface area contributed by atoms with Gasteiger partial charge in [-0.1, -0.05) is 13.3 Å². The van der Waals surface area contributed by atoms with Crippen molar-refractivity contribution >= 4 is 22.6 Å². The summed E-state index contributed by atoms with van der Waals surface area (Å²) in [5.74, 6) is 1.09. The number of furan rings is 1. The fourth-order valence-electron chi connectivity index (χ4n) is 3.78.